The lowest BCUT2D eigenvalue weighted by Crippen LogP contribution is -2.53. The topological polar surface area (TPSA) is 38.8 Å². The number of ether oxygens (including phenoxy) is 2. The SMILES string of the molecule is CC(C)(C)OC(=O)N1CC(COc2cc(Cl)cc(I)c2)C1. The van der Waals surface area contributed by atoms with Crippen LogP contribution in [0.4, 0.5) is 4.79 Å². The van der Waals surface area contributed by atoms with E-state index in [-0.39, 0.29) is 6.09 Å². The number of nitrogens with zero attached hydrogens (tertiary/aromatic N) is 1. The highest BCUT2D eigenvalue weighted by atomic mass is 127. The van der Waals surface area contributed by atoms with E-state index in [1.165, 1.54) is 0 Å². The van der Waals surface area contributed by atoms with Crippen molar-refractivity contribution in [3.8, 4) is 5.75 Å². The molecule has 0 aromatic heterocycles. The second kappa shape index (κ2) is 6.60. The van der Waals surface area contributed by atoms with Crippen LogP contribution in [0.5, 0.6) is 5.75 Å². The van der Waals surface area contributed by atoms with E-state index in [0.29, 0.717) is 30.6 Å². The Kier molecular flexibility index (Phi) is 5.24. The number of hydrogen-bond acceptors (Lipinski definition) is 3. The fraction of sp³-hybridized carbons (Fsp3) is 0.533. The molecular formula is C15H19ClINO3. The van der Waals surface area contributed by atoms with E-state index < -0.39 is 5.60 Å². The van der Waals surface area contributed by atoms with Gasteiger partial charge < -0.3 is 14.4 Å². The highest BCUT2D eigenvalue weighted by molar-refractivity contribution is 14.1. The minimum atomic E-state index is -0.448. The summed E-state index contributed by atoms with van der Waals surface area (Å²) >= 11 is 8.19. The van der Waals surface area contributed by atoms with Crippen molar-refractivity contribution in [3.63, 3.8) is 0 Å². The van der Waals surface area contributed by atoms with Crippen LogP contribution in [0.1, 0.15) is 20.8 Å². The molecule has 2 rings (SSSR count). The van der Waals surface area contributed by atoms with E-state index in [0.717, 1.165) is 9.32 Å². The monoisotopic (exact) mass is 423 g/mol. The molecule has 0 bridgehead atoms. The molecule has 0 aliphatic carbocycles. The van der Waals surface area contributed by atoms with Crippen molar-refractivity contribution in [2.45, 2.75) is 26.4 Å². The molecule has 1 aromatic carbocycles. The number of amides is 1. The zero-order chi connectivity index (χ0) is 15.6. The standard InChI is InChI=1S/C15H19ClINO3/c1-15(2,3)21-14(19)18-7-10(8-18)9-20-13-5-11(16)4-12(17)6-13/h4-6,10H,7-9H2,1-3H3. The average molecular weight is 424 g/mol. The van der Waals surface area contributed by atoms with Crippen molar-refractivity contribution in [2.75, 3.05) is 19.7 Å². The van der Waals surface area contributed by atoms with Crippen LogP contribution in [-0.4, -0.2) is 36.3 Å². The Labute approximate surface area is 143 Å². The Morgan fingerprint density at radius 3 is 2.62 bits per heavy atom. The van der Waals surface area contributed by atoms with E-state index >= 15 is 0 Å². The zero-order valence-electron chi connectivity index (χ0n) is 12.4. The summed E-state index contributed by atoms with van der Waals surface area (Å²) in [6.07, 6.45) is -0.254. The van der Waals surface area contributed by atoms with Crippen LogP contribution in [0.15, 0.2) is 18.2 Å². The van der Waals surface area contributed by atoms with Gasteiger partial charge in [-0.1, -0.05) is 11.6 Å². The predicted molar refractivity (Wildman–Crippen MR) is 91.0 cm³/mol. The summed E-state index contributed by atoms with van der Waals surface area (Å²) in [6.45, 7) is 7.53. The molecule has 0 atom stereocenters. The van der Waals surface area contributed by atoms with Crippen LogP contribution >= 0.6 is 34.2 Å². The maximum atomic E-state index is 11.8. The fourth-order valence-electron chi connectivity index (χ4n) is 1.98. The van der Waals surface area contributed by atoms with E-state index in [1.54, 1.807) is 11.0 Å². The van der Waals surface area contributed by atoms with Gasteiger partial charge in [-0.3, -0.25) is 0 Å². The smallest absolute Gasteiger partial charge is 0.410 e. The molecule has 1 amide bonds. The van der Waals surface area contributed by atoms with Crippen LogP contribution in [0.2, 0.25) is 5.02 Å². The van der Waals surface area contributed by atoms with Crippen molar-refractivity contribution in [2.24, 2.45) is 5.92 Å². The molecule has 0 radical (unpaired) electrons. The Morgan fingerprint density at radius 1 is 1.38 bits per heavy atom. The van der Waals surface area contributed by atoms with Crippen molar-refractivity contribution in [1.82, 2.24) is 4.90 Å². The lowest BCUT2D eigenvalue weighted by Gasteiger charge is -2.39. The molecule has 1 aliphatic rings. The van der Waals surface area contributed by atoms with Gasteiger partial charge in [0.15, 0.2) is 0 Å². The molecular weight excluding hydrogens is 405 g/mol. The summed E-state index contributed by atoms with van der Waals surface area (Å²) in [5.41, 5.74) is -0.448. The van der Waals surface area contributed by atoms with E-state index in [1.807, 2.05) is 32.9 Å². The number of rotatable bonds is 3. The Balaban J connectivity index is 1.74. The molecule has 1 fully saturated rings. The third-order valence-corrected chi connectivity index (χ3v) is 3.77. The number of carbonyl (C=O) groups excluding carboxylic acids is 1. The molecule has 0 spiro atoms. The lowest BCUT2D eigenvalue weighted by molar-refractivity contribution is -0.00781. The number of carbonyl (C=O) groups is 1. The minimum absolute atomic E-state index is 0.254. The highest BCUT2D eigenvalue weighted by Gasteiger charge is 2.34. The summed E-state index contributed by atoms with van der Waals surface area (Å²) in [4.78, 5) is 13.5. The van der Waals surface area contributed by atoms with Crippen LogP contribution in [0.25, 0.3) is 0 Å². The van der Waals surface area contributed by atoms with Crippen molar-refractivity contribution < 1.29 is 14.3 Å². The van der Waals surface area contributed by atoms with E-state index in [4.69, 9.17) is 21.1 Å². The Hall–Kier alpha value is -0.690. The fourth-order valence-corrected chi connectivity index (χ4v) is 3.03. The van der Waals surface area contributed by atoms with Gasteiger partial charge in [0.05, 0.1) is 6.61 Å². The maximum absolute atomic E-state index is 11.8. The molecule has 1 aromatic rings. The Morgan fingerprint density at radius 2 is 2.05 bits per heavy atom. The first kappa shape index (κ1) is 16.7. The van der Waals surface area contributed by atoms with Gasteiger partial charge in [0.2, 0.25) is 0 Å². The molecule has 0 N–H and O–H groups in total. The molecule has 0 saturated carbocycles. The molecule has 6 heteroatoms. The Bertz CT molecular complexity index is 504. The summed E-state index contributed by atoms with van der Waals surface area (Å²) < 4.78 is 12.1. The summed E-state index contributed by atoms with van der Waals surface area (Å²) in [5, 5.41) is 0.667. The molecule has 116 valence electrons. The largest absolute Gasteiger partial charge is 0.493 e. The average Bonchev–Trinajstić information content (AvgIpc) is 2.22. The number of benzene rings is 1. The number of halogens is 2. The van der Waals surface area contributed by atoms with Crippen LogP contribution in [0.3, 0.4) is 0 Å². The van der Waals surface area contributed by atoms with Crippen molar-refractivity contribution >= 4 is 40.3 Å². The van der Waals surface area contributed by atoms with Crippen LogP contribution in [0, 0.1) is 9.49 Å². The third-order valence-electron chi connectivity index (χ3n) is 2.93. The van der Waals surface area contributed by atoms with Crippen LogP contribution < -0.4 is 4.74 Å². The maximum Gasteiger partial charge on any atom is 0.410 e. The minimum Gasteiger partial charge on any atom is -0.493 e. The molecule has 1 aliphatic heterocycles. The number of hydrogen-bond donors (Lipinski definition) is 0. The van der Waals surface area contributed by atoms with Gasteiger partial charge in [-0.2, -0.15) is 0 Å². The summed E-state index contributed by atoms with van der Waals surface area (Å²) in [7, 11) is 0. The molecule has 4 nitrogen and oxygen atoms in total. The first-order chi connectivity index (χ1) is 9.73. The van der Waals surface area contributed by atoms with E-state index in [2.05, 4.69) is 22.6 Å². The number of likely N-dealkylation sites (tertiary alicyclic amines) is 1. The lowest BCUT2D eigenvalue weighted by atomic mass is 10.0. The van der Waals surface area contributed by atoms with Crippen molar-refractivity contribution in [3.05, 3.63) is 26.8 Å². The normalized spacial score (nSPS) is 15.6. The highest BCUT2D eigenvalue weighted by Crippen LogP contribution is 2.24. The van der Waals surface area contributed by atoms with Gasteiger partial charge in [-0.15, -0.1) is 0 Å². The molecule has 21 heavy (non-hydrogen) atoms. The van der Waals surface area contributed by atoms with Crippen LogP contribution in [-0.2, 0) is 4.74 Å². The second-order valence-corrected chi connectivity index (χ2v) is 7.85. The van der Waals surface area contributed by atoms with Gasteiger partial charge in [0.25, 0.3) is 0 Å². The van der Waals surface area contributed by atoms with Gasteiger partial charge in [-0.05, 0) is 61.6 Å². The van der Waals surface area contributed by atoms with Gasteiger partial charge in [-0.25, -0.2) is 4.79 Å². The first-order valence-corrected chi connectivity index (χ1v) is 8.25. The first-order valence-electron chi connectivity index (χ1n) is 6.80. The van der Waals surface area contributed by atoms with E-state index in [9.17, 15) is 4.79 Å². The zero-order valence-corrected chi connectivity index (χ0v) is 15.3. The quantitative estimate of drug-likeness (QED) is 0.684. The molecule has 0 unspecified atom stereocenters. The molecule has 1 saturated heterocycles. The van der Waals surface area contributed by atoms with Gasteiger partial charge in [0.1, 0.15) is 11.4 Å². The second-order valence-electron chi connectivity index (χ2n) is 6.17. The molecule has 1 heterocycles. The predicted octanol–water partition coefficient (Wildman–Crippen LogP) is 4.19. The summed E-state index contributed by atoms with van der Waals surface area (Å²) in [6, 6.07) is 5.62. The van der Waals surface area contributed by atoms with Crippen molar-refractivity contribution in [1.29, 1.82) is 0 Å². The summed E-state index contributed by atoms with van der Waals surface area (Å²) in [5.74, 6) is 1.11. The third kappa shape index (κ3) is 5.21. The van der Waals surface area contributed by atoms with Gasteiger partial charge in [0, 0.05) is 27.6 Å². The van der Waals surface area contributed by atoms with Gasteiger partial charge >= 0.3 is 6.09 Å².